The zero-order chi connectivity index (χ0) is 24.4. The molecule has 3 aromatic carbocycles. The van der Waals surface area contributed by atoms with E-state index in [2.05, 4.69) is 22.8 Å². The smallest absolute Gasteiger partial charge is 0.163 e. The minimum atomic E-state index is -0.310. The second-order valence-electron chi connectivity index (χ2n) is 8.78. The molecule has 1 aliphatic heterocycles. The summed E-state index contributed by atoms with van der Waals surface area (Å²) < 4.78 is 16.6. The minimum Gasteiger partial charge on any atom is -0.497 e. The molecule has 0 radical (unpaired) electrons. The summed E-state index contributed by atoms with van der Waals surface area (Å²) in [6, 6.07) is 21.7. The molecule has 35 heavy (non-hydrogen) atoms. The van der Waals surface area contributed by atoms with Gasteiger partial charge in [0.15, 0.2) is 17.3 Å². The molecular formula is C29H30N2O4. The molecule has 6 heteroatoms. The molecule has 0 aromatic heterocycles. The number of Topliss-reactive ketones (excluding diaryl/α,β-unsaturated/α-hetero) is 1. The molecule has 6 nitrogen and oxygen atoms in total. The van der Waals surface area contributed by atoms with Crippen molar-refractivity contribution in [1.29, 1.82) is 0 Å². The molecule has 0 bridgehead atoms. The van der Waals surface area contributed by atoms with Crippen LogP contribution in [0.25, 0.3) is 0 Å². The van der Waals surface area contributed by atoms with Crippen LogP contribution >= 0.6 is 0 Å². The van der Waals surface area contributed by atoms with Crippen molar-refractivity contribution in [2.24, 2.45) is 0 Å². The number of carbonyl (C=O) groups excluding carboxylic acids is 1. The summed E-state index contributed by atoms with van der Waals surface area (Å²) in [5, 5.41) is 7.21. The van der Waals surface area contributed by atoms with Gasteiger partial charge in [-0.25, -0.2) is 0 Å². The monoisotopic (exact) mass is 470 g/mol. The van der Waals surface area contributed by atoms with Gasteiger partial charge in [0.25, 0.3) is 0 Å². The van der Waals surface area contributed by atoms with Crippen LogP contribution in [0.2, 0.25) is 0 Å². The second kappa shape index (κ2) is 9.74. The fourth-order valence-corrected chi connectivity index (χ4v) is 4.99. The van der Waals surface area contributed by atoms with Crippen LogP contribution < -0.4 is 24.8 Å². The average Bonchev–Trinajstić information content (AvgIpc) is 3.06. The van der Waals surface area contributed by atoms with E-state index in [0.717, 1.165) is 45.9 Å². The Labute approximate surface area is 205 Å². The molecule has 2 atom stereocenters. The first-order chi connectivity index (χ1) is 17.1. The lowest BCUT2D eigenvalue weighted by Gasteiger charge is -2.30. The van der Waals surface area contributed by atoms with E-state index < -0.39 is 0 Å². The van der Waals surface area contributed by atoms with Crippen LogP contribution in [0.5, 0.6) is 17.2 Å². The third kappa shape index (κ3) is 4.44. The summed E-state index contributed by atoms with van der Waals surface area (Å²) in [4.78, 5) is 13.7. The molecule has 0 amide bonds. The van der Waals surface area contributed by atoms with Crippen LogP contribution in [0.3, 0.4) is 0 Å². The van der Waals surface area contributed by atoms with E-state index in [1.165, 1.54) is 0 Å². The number of hydrogen-bond donors (Lipinski definition) is 2. The van der Waals surface area contributed by atoms with Gasteiger partial charge in [-0.1, -0.05) is 30.3 Å². The summed E-state index contributed by atoms with van der Waals surface area (Å²) in [5.74, 6) is 2.39. The first kappa shape index (κ1) is 22.8. The van der Waals surface area contributed by atoms with Gasteiger partial charge in [-0.15, -0.1) is 0 Å². The Morgan fingerprint density at radius 2 is 1.60 bits per heavy atom. The van der Waals surface area contributed by atoms with E-state index in [-0.39, 0.29) is 17.7 Å². The van der Waals surface area contributed by atoms with Gasteiger partial charge in [-0.05, 0) is 66.8 Å². The molecule has 0 spiro atoms. The number of carbonyl (C=O) groups is 1. The van der Waals surface area contributed by atoms with Crippen molar-refractivity contribution in [3.8, 4) is 17.2 Å². The maximum absolute atomic E-state index is 13.7. The summed E-state index contributed by atoms with van der Waals surface area (Å²) >= 11 is 0. The Morgan fingerprint density at radius 1 is 0.857 bits per heavy atom. The molecule has 2 aliphatic rings. The fraction of sp³-hybridized carbons (Fsp3) is 0.276. The number of fused-ring (bicyclic) bond motifs is 1. The van der Waals surface area contributed by atoms with Gasteiger partial charge in [-0.2, -0.15) is 0 Å². The number of rotatable bonds is 6. The molecule has 180 valence electrons. The van der Waals surface area contributed by atoms with Crippen LogP contribution in [0.4, 0.5) is 11.4 Å². The number of benzene rings is 3. The highest BCUT2D eigenvalue weighted by atomic mass is 16.5. The lowest BCUT2D eigenvalue weighted by atomic mass is 9.78. The van der Waals surface area contributed by atoms with Gasteiger partial charge in [0.2, 0.25) is 0 Å². The van der Waals surface area contributed by atoms with Gasteiger partial charge in [-0.3, -0.25) is 4.79 Å². The SMILES string of the molecule is CCOc1ccc([C@@H]2Nc3ccccc3NC3=C2C(=O)C[C@@H](c2ccc(OC)cc2)C3)cc1OC. The number of ether oxygens (including phenoxy) is 3. The zero-order valence-corrected chi connectivity index (χ0v) is 20.3. The highest BCUT2D eigenvalue weighted by molar-refractivity contribution is 6.01. The van der Waals surface area contributed by atoms with Crippen molar-refractivity contribution in [1.82, 2.24) is 0 Å². The number of para-hydroxylation sites is 2. The van der Waals surface area contributed by atoms with Crippen molar-refractivity contribution < 1.29 is 19.0 Å². The third-order valence-corrected chi connectivity index (χ3v) is 6.72. The van der Waals surface area contributed by atoms with Crippen LogP contribution in [-0.2, 0) is 4.79 Å². The van der Waals surface area contributed by atoms with Crippen molar-refractivity contribution >= 4 is 17.2 Å². The lowest BCUT2D eigenvalue weighted by Crippen LogP contribution is -2.26. The highest BCUT2D eigenvalue weighted by Crippen LogP contribution is 2.45. The third-order valence-electron chi connectivity index (χ3n) is 6.72. The molecule has 0 saturated heterocycles. The highest BCUT2D eigenvalue weighted by Gasteiger charge is 2.36. The molecule has 1 heterocycles. The van der Waals surface area contributed by atoms with E-state index in [1.54, 1.807) is 14.2 Å². The Kier molecular flexibility index (Phi) is 6.36. The number of nitrogens with one attached hydrogen (secondary N) is 2. The molecule has 5 rings (SSSR count). The van der Waals surface area contributed by atoms with Crippen molar-refractivity contribution in [3.63, 3.8) is 0 Å². The van der Waals surface area contributed by atoms with E-state index in [1.807, 2.05) is 61.5 Å². The molecule has 0 saturated carbocycles. The largest absolute Gasteiger partial charge is 0.497 e. The van der Waals surface area contributed by atoms with Gasteiger partial charge >= 0.3 is 0 Å². The Hall–Kier alpha value is -3.93. The quantitative estimate of drug-likeness (QED) is 0.455. The molecular weight excluding hydrogens is 440 g/mol. The van der Waals surface area contributed by atoms with Gasteiger partial charge in [0.1, 0.15) is 5.75 Å². The Bertz CT molecular complexity index is 1270. The zero-order valence-electron chi connectivity index (χ0n) is 20.3. The Balaban J connectivity index is 1.57. The summed E-state index contributed by atoms with van der Waals surface area (Å²) in [5.41, 5.74) is 5.73. The number of methoxy groups -OCH3 is 2. The fourth-order valence-electron chi connectivity index (χ4n) is 4.99. The van der Waals surface area contributed by atoms with Crippen molar-refractivity contribution in [2.75, 3.05) is 31.5 Å². The van der Waals surface area contributed by atoms with Gasteiger partial charge < -0.3 is 24.8 Å². The summed E-state index contributed by atoms with van der Waals surface area (Å²) in [7, 11) is 3.29. The molecule has 1 aliphatic carbocycles. The summed E-state index contributed by atoms with van der Waals surface area (Å²) in [6.45, 7) is 2.50. The van der Waals surface area contributed by atoms with Crippen LogP contribution in [-0.4, -0.2) is 26.6 Å². The first-order valence-corrected chi connectivity index (χ1v) is 11.9. The summed E-state index contributed by atoms with van der Waals surface area (Å²) in [6.07, 6.45) is 1.20. The van der Waals surface area contributed by atoms with E-state index in [0.29, 0.717) is 24.5 Å². The number of allylic oxidation sites excluding steroid dienone is 1. The minimum absolute atomic E-state index is 0.0976. The standard InChI is InChI=1S/C29H30N2O4/c1-4-35-26-14-11-19(17-27(26)34-3)29-28-24(30-22-7-5-6-8-23(22)31-29)15-20(16-25(28)32)18-9-12-21(33-2)13-10-18/h5-14,17,20,29-31H,4,15-16H2,1-3H3/t20-,29-/m0/s1. The van der Waals surface area contributed by atoms with Crippen LogP contribution in [0, 0.1) is 0 Å². The average molecular weight is 471 g/mol. The molecule has 2 N–H and O–H groups in total. The maximum Gasteiger partial charge on any atom is 0.163 e. The molecule has 0 unspecified atom stereocenters. The number of anilines is 2. The topological polar surface area (TPSA) is 68.8 Å². The maximum atomic E-state index is 13.7. The number of ketones is 1. The van der Waals surface area contributed by atoms with E-state index in [4.69, 9.17) is 14.2 Å². The predicted octanol–water partition coefficient (Wildman–Crippen LogP) is 6.08. The Morgan fingerprint density at radius 3 is 2.31 bits per heavy atom. The predicted molar refractivity (Wildman–Crippen MR) is 138 cm³/mol. The molecule has 3 aromatic rings. The van der Waals surface area contributed by atoms with Crippen LogP contribution in [0.1, 0.15) is 42.9 Å². The normalized spacial score (nSPS) is 19.0. The lowest BCUT2D eigenvalue weighted by molar-refractivity contribution is -0.116. The first-order valence-electron chi connectivity index (χ1n) is 11.9. The van der Waals surface area contributed by atoms with Gasteiger partial charge in [0.05, 0.1) is 38.2 Å². The second-order valence-corrected chi connectivity index (χ2v) is 8.78. The molecule has 0 fully saturated rings. The van der Waals surface area contributed by atoms with Gasteiger partial charge in [0, 0.05) is 17.7 Å². The van der Waals surface area contributed by atoms with E-state index in [9.17, 15) is 4.79 Å². The van der Waals surface area contributed by atoms with Crippen molar-refractivity contribution in [2.45, 2.75) is 31.7 Å². The number of hydrogen-bond acceptors (Lipinski definition) is 6. The van der Waals surface area contributed by atoms with Crippen LogP contribution in [0.15, 0.2) is 78.0 Å². The van der Waals surface area contributed by atoms with Crippen molar-refractivity contribution in [3.05, 3.63) is 89.1 Å². The van der Waals surface area contributed by atoms with E-state index >= 15 is 0 Å².